The SMILES string of the molecule is COc1ccc(CCNC(=O)CSc2nnc(NC(=O)c3snnc3C)s2)cc1OC. The van der Waals surface area contributed by atoms with Crippen molar-refractivity contribution in [3.8, 4) is 11.5 Å². The fraction of sp³-hybridized carbons (Fsp3) is 0.333. The van der Waals surface area contributed by atoms with Crippen LogP contribution in [0.25, 0.3) is 0 Å². The van der Waals surface area contributed by atoms with Crippen LogP contribution in [0.5, 0.6) is 11.5 Å². The minimum absolute atomic E-state index is 0.113. The van der Waals surface area contributed by atoms with Crippen LogP contribution in [0.2, 0.25) is 0 Å². The van der Waals surface area contributed by atoms with Crippen LogP contribution in [0.4, 0.5) is 5.13 Å². The molecule has 0 atom stereocenters. The molecule has 0 fully saturated rings. The van der Waals surface area contributed by atoms with Crippen molar-refractivity contribution in [1.29, 1.82) is 0 Å². The number of rotatable bonds is 10. The highest BCUT2D eigenvalue weighted by atomic mass is 32.2. The number of carbonyl (C=O) groups is 2. The summed E-state index contributed by atoms with van der Waals surface area (Å²) in [6, 6.07) is 5.66. The van der Waals surface area contributed by atoms with Crippen LogP contribution in [-0.4, -0.2) is 58.1 Å². The van der Waals surface area contributed by atoms with E-state index in [0.717, 1.165) is 17.1 Å². The minimum Gasteiger partial charge on any atom is -0.493 e. The number of ether oxygens (including phenoxy) is 2. The third-order valence-corrected chi connectivity index (χ3v) is 6.79. The van der Waals surface area contributed by atoms with E-state index >= 15 is 0 Å². The van der Waals surface area contributed by atoms with Gasteiger partial charge in [-0.2, -0.15) is 0 Å². The number of anilines is 1. The average molecular weight is 481 g/mol. The predicted octanol–water partition coefficient (Wildman–Crippen LogP) is 2.42. The maximum atomic E-state index is 12.2. The van der Waals surface area contributed by atoms with Gasteiger partial charge in [-0.15, -0.1) is 15.3 Å². The lowest BCUT2D eigenvalue weighted by molar-refractivity contribution is -0.118. The number of amides is 2. The van der Waals surface area contributed by atoms with Crippen molar-refractivity contribution in [1.82, 2.24) is 25.1 Å². The molecule has 31 heavy (non-hydrogen) atoms. The maximum absolute atomic E-state index is 12.2. The van der Waals surface area contributed by atoms with Gasteiger partial charge in [-0.05, 0) is 42.6 Å². The zero-order valence-corrected chi connectivity index (χ0v) is 19.4. The molecule has 10 nitrogen and oxygen atoms in total. The van der Waals surface area contributed by atoms with E-state index in [1.807, 2.05) is 18.2 Å². The number of nitrogens with one attached hydrogen (secondary N) is 2. The maximum Gasteiger partial charge on any atom is 0.271 e. The summed E-state index contributed by atoms with van der Waals surface area (Å²) in [6.45, 7) is 2.21. The lowest BCUT2D eigenvalue weighted by Gasteiger charge is -2.10. The van der Waals surface area contributed by atoms with E-state index in [1.54, 1.807) is 21.1 Å². The highest BCUT2D eigenvalue weighted by Crippen LogP contribution is 2.28. The monoisotopic (exact) mass is 480 g/mol. The quantitative estimate of drug-likeness (QED) is 0.332. The summed E-state index contributed by atoms with van der Waals surface area (Å²) < 4.78 is 14.8. The summed E-state index contributed by atoms with van der Waals surface area (Å²) in [4.78, 5) is 24.7. The number of nitrogens with zero attached hydrogens (tertiary/aromatic N) is 4. The molecule has 2 heterocycles. The summed E-state index contributed by atoms with van der Waals surface area (Å²) in [5.41, 5.74) is 1.59. The Bertz CT molecular complexity index is 1050. The molecule has 2 aromatic heterocycles. The fourth-order valence-corrected chi connectivity index (χ4v) is 4.60. The summed E-state index contributed by atoms with van der Waals surface area (Å²) >= 11 is 3.48. The zero-order valence-electron chi connectivity index (χ0n) is 17.0. The average Bonchev–Trinajstić information content (AvgIpc) is 3.40. The second-order valence-electron chi connectivity index (χ2n) is 6.09. The van der Waals surface area contributed by atoms with Crippen LogP contribution >= 0.6 is 34.6 Å². The molecule has 0 aliphatic carbocycles. The van der Waals surface area contributed by atoms with Gasteiger partial charge in [0.1, 0.15) is 4.88 Å². The summed E-state index contributed by atoms with van der Waals surface area (Å²) in [6.07, 6.45) is 0.664. The van der Waals surface area contributed by atoms with Crippen LogP contribution in [0.3, 0.4) is 0 Å². The Kier molecular flexibility index (Phi) is 8.14. The summed E-state index contributed by atoms with van der Waals surface area (Å²) in [5, 5.41) is 17.6. The molecule has 3 rings (SSSR count). The molecule has 0 spiro atoms. The molecule has 13 heteroatoms. The van der Waals surface area contributed by atoms with Gasteiger partial charge in [-0.3, -0.25) is 14.9 Å². The van der Waals surface area contributed by atoms with E-state index in [0.29, 0.717) is 44.5 Å². The Balaban J connectivity index is 1.41. The molecule has 2 amide bonds. The molecular weight excluding hydrogens is 460 g/mol. The van der Waals surface area contributed by atoms with E-state index in [-0.39, 0.29) is 17.6 Å². The van der Waals surface area contributed by atoms with Crippen molar-refractivity contribution < 1.29 is 19.1 Å². The molecule has 0 radical (unpaired) electrons. The topological polar surface area (TPSA) is 128 Å². The van der Waals surface area contributed by atoms with E-state index in [9.17, 15) is 9.59 Å². The zero-order chi connectivity index (χ0) is 22.2. The third kappa shape index (κ3) is 6.35. The van der Waals surface area contributed by atoms with Crippen molar-refractivity contribution >= 4 is 51.6 Å². The number of aromatic nitrogens is 4. The van der Waals surface area contributed by atoms with Gasteiger partial charge in [0.25, 0.3) is 5.91 Å². The summed E-state index contributed by atoms with van der Waals surface area (Å²) in [5.74, 6) is 1.08. The highest BCUT2D eigenvalue weighted by Gasteiger charge is 2.16. The second-order valence-corrected chi connectivity index (χ2v) is 9.05. The first-order valence-electron chi connectivity index (χ1n) is 9.04. The third-order valence-electron chi connectivity index (χ3n) is 4.00. The van der Waals surface area contributed by atoms with Gasteiger partial charge in [0.15, 0.2) is 15.8 Å². The van der Waals surface area contributed by atoms with Gasteiger partial charge in [0.2, 0.25) is 11.0 Å². The van der Waals surface area contributed by atoms with Gasteiger partial charge in [-0.25, -0.2) is 0 Å². The van der Waals surface area contributed by atoms with Gasteiger partial charge >= 0.3 is 0 Å². The van der Waals surface area contributed by atoms with E-state index in [2.05, 4.69) is 30.4 Å². The second kappa shape index (κ2) is 11.0. The minimum atomic E-state index is -0.326. The van der Waals surface area contributed by atoms with Gasteiger partial charge in [0, 0.05) is 6.54 Å². The van der Waals surface area contributed by atoms with Crippen LogP contribution in [0.15, 0.2) is 22.5 Å². The van der Waals surface area contributed by atoms with Gasteiger partial charge in [0.05, 0.1) is 25.7 Å². The molecule has 0 saturated heterocycles. The first-order valence-corrected chi connectivity index (χ1v) is 11.6. The Morgan fingerprint density at radius 2 is 1.94 bits per heavy atom. The van der Waals surface area contributed by atoms with Crippen molar-refractivity contribution in [2.45, 2.75) is 17.7 Å². The van der Waals surface area contributed by atoms with Crippen molar-refractivity contribution in [3.63, 3.8) is 0 Å². The van der Waals surface area contributed by atoms with Crippen LogP contribution in [0.1, 0.15) is 20.9 Å². The molecule has 1 aromatic carbocycles. The summed E-state index contributed by atoms with van der Waals surface area (Å²) in [7, 11) is 3.17. The highest BCUT2D eigenvalue weighted by molar-refractivity contribution is 8.01. The molecule has 0 saturated carbocycles. The molecule has 2 N–H and O–H groups in total. The number of hydrogen-bond donors (Lipinski definition) is 2. The number of methoxy groups -OCH3 is 2. The Hall–Kier alpha value is -2.77. The molecule has 3 aromatic rings. The normalized spacial score (nSPS) is 10.5. The number of thioether (sulfide) groups is 1. The molecule has 0 unspecified atom stereocenters. The first kappa shape index (κ1) is 22.9. The van der Waals surface area contributed by atoms with E-state index in [4.69, 9.17) is 9.47 Å². The van der Waals surface area contributed by atoms with Crippen LogP contribution in [-0.2, 0) is 11.2 Å². The number of benzene rings is 1. The standard InChI is InChI=1S/C18H20N6O4S3/c1-10-15(31-24-21-10)16(26)20-17-22-23-18(30-17)29-9-14(25)19-7-6-11-4-5-12(27-2)13(8-11)28-3/h4-5,8H,6-7,9H2,1-3H3,(H,19,25)(H,20,22,26). The van der Waals surface area contributed by atoms with Crippen molar-refractivity contribution in [3.05, 3.63) is 34.3 Å². The lowest BCUT2D eigenvalue weighted by atomic mass is 10.1. The molecule has 0 aliphatic rings. The Morgan fingerprint density at radius 3 is 2.65 bits per heavy atom. The Morgan fingerprint density at radius 1 is 1.13 bits per heavy atom. The van der Waals surface area contributed by atoms with Crippen LogP contribution < -0.4 is 20.1 Å². The lowest BCUT2D eigenvalue weighted by Crippen LogP contribution is -2.27. The van der Waals surface area contributed by atoms with Crippen molar-refractivity contribution in [2.24, 2.45) is 0 Å². The van der Waals surface area contributed by atoms with Gasteiger partial charge < -0.3 is 14.8 Å². The van der Waals surface area contributed by atoms with Crippen LogP contribution in [0, 0.1) is 6.92 Å². The van der Waals surface area contributed by atoms with Gasteiger partial charge in [-0.1, -0.05) is 33.7 Å². The number of aryl methyl sites for hydroxylation is 1. The molecule has 164 valence electrons. The first-order chi connectivity index (χ1) is 15.0. The Labute approximate surface area is 190 Å². The number of carbonyl (C=O) groups excluding carboxylic acids is 2. The van der Waals surface area contributed by atoms with E-state index < -0.39 is 0 Å². The molecule has 0 aliphatic heterocycles. The molecule has 0 bridgehead atoms. The number of hydrogen-bond acceptors (Lipinski definition) is 11. The van der Waals surface area contributed by atoms with E-state index in [1.165, 1.54) is 23.1 Å². The largest absolute Gasteiger partial charge is 0.493 e. The smallest absolute Gasteiger partial charge is 0.271 e. The molecular formula is C18H20N6O4S3. The predicted molar refractivity (Wildman–Crippen MR) is 119 cm³/mol. The van der Waals surface area contributed by atoms with Crippen molar-refractivity contribution in [2.75, 3.05) is 31.8 Å². The fourth-order valence-electron chi connectivity index (χ4n) is 2.47.